The van der Waals surface area contributed by atoms with Crippen LogP contribution in [0.2, 0.25) is 0 Å². The maximum atomic E-state index is 2.40. The van der Waals surface area contributed by atoms with Crippen LogP contribution >= 0.6 is 0 Å². The van der Waals surface area contributed by atoms with Crippen LogP contribution in [0.4, 0.5) is 0 Å². The third-order valence-corrected chi connectivity index (χ3v) is 11.6. The first-order chi connectivity index (χ1) is 29.8. The minimum absolute atomic E-state index is 1.17. The largest absolute Gasteiger partial charge is 0.0622 e. The number of hydrogen-bond donors (Lipinski definition) is 0. The van der Waals surface area contributed by atoms with Gasteiger partial charge < -0.3 is 0 Å². The lowest BCUT2D eigenvalue weighted by atomic mass is 9.84. The fourth-order valence-electron chi connectivity index (χ4n) is 8.77. The first kappa shape index (κ1) is 36.5. The Bertz CT molecular complexity index is 2720. The van der Waals surface area contributed by atoms with Gasteiger partial charge in [-0.25, -0.2) is 0 Å². The molecule has 0 heterocycles. The van der Waals surface area contributed by atoms with E-state index in [1.165, 1.54) is 100 Å². The van der Waals surface area contributed by atoms with Crippen LogP contribution < -0.4 is 0 Å². The second kappa shape index (κ2) is 16.6. The zero-order chi connectivity index (χ0) is 40.1. The molecule has 0 N–H and O–H groups in total. The van der Waals surface area contributed by atoms with Crippen molar-refractivity contribution in [1.82, 2.24) is 0 Å². The van der Waals surface area contributed by atoms with Gasteiger partial charge in [0, 0.05) is 0 Å². The molecule has 0 bridgehead atoms. The summed E-state index contributed by atoms with van der Waals surface area (Å²) in [6, 6.07) is 92.5. The summed E-state index contributed by atoms with van der Waals surface area (Å²) in [6.07, 6.45) is 0. The highest BCUT2D eigenvalue weighted by Gasteiger charge is 2.19. The molecule has 0 aromatic heterocycles. The van der Waals surface area contributed by atoms with E-state index in [-0.39, 0.29) is 0 Å². The highest BCUT2D eigenvalue weighted by atomic mass is 14.2. The van der Waals surface area contributed by atoms with Crippen LogP contribution in [-0.2, 0) is 0 Å². The summed E-state index contributed by atoms with van der Waals surface area (Å²) in [7, 11) is 0. The lowest BCUT2D eigenvalue weighted by Crippen LogP contribution is -1.94. The van der Waals surface area contributed by atoms with Crippen molar-refractivity contribution in [1.29, 1.82) is 0 Å². The van der Waals surface area contributed by atoms with E-state index >= 15 is 0 Å². The smallest absolute Gasteiger partial charge is 0.00992 e. The van der Waals surface area contributed by atoms with E-state index in [1.807, 2.05) is 0 Å². The standard InChI is InChI=1S/C60H42/c1-4-22-43(23-5-1)49-28-10-16-34-55(49)58-37-19-13-31-52(58)46-40-47(53-32-14-20-38-59(53)56-35-17-11-29-50(56)44-24-6-2-7-25-44)42-48(41-46)54-33-15-21-39-60(54)57-36-18-12-30-51(57)45-26-8-3-9-27-45/h1-42H. The molecule has 10 aromatic carbocycles. The first-order valence-corrected chi connectivity index (χ1v) is 20.7. The maximum absolute atomic E-state index is 2.40. The van der Waals surface area contributed by atoms with Crippen molar-refractivity contribution in [3.05, 3.63) is 255 Å². The summed E-state index contributed by atoms with van der Waals surface area (Å²) in [5.74, 6) is 0. The quantitative estimate of drug-likeness (QED) is 0.137. The van der Waals surface area contributed by atoms with Crippen LogP contribution in [-0.4, -0.2) is 0 Å². The van der Waals surface area contributed by atoms with Gasteiger partial charge in [0.05, 0.1) is 0 Å². The Labute approximate surface area is 353 Å². The van der Waals surface area contributed by atoms with Gasteiger partial charge in [-0.1, -0.05) is 237 Å². The van der Waals surface area contributed by atoms with Crippen LogP contribution in [0.25, 0.3) is 100 Å². The Hall–Kier alpha value is -7.80. The number of hydrogen-bond acceptors (Lipinski definition) is 0. The molecule has 0 heteroatoms. The fourth-order valence-corrected chi connectivity index (χ4v) is 8.77. The topological polar surface area (TPSA) is 0 Å². The van der Waals surface area contributed by atoms with E-state index in [9.17, 15) is 0 Å². The van der Waals surface area contributed by atoms with Gasteiger partial charge in [-0.2, -0.15) is 0 Å². The highest BCUT2D eigenvalue weighted by Crippen LogP contribution is 2.45. The zero-order valence-electron chi connectivity index (χ0n) is 33.2. The van der Waals surface area contributed by atoms with Crippen LogP contribution in [0.5, 0.6) is 0 Å². The monoisotopic (exact) mass is 762 g/mol. The van der Waals surface area contributed by atoms with Crippen LogP contribution in [0, 0.1) is 0 Å². The molecule has 60 heavy (non-hydrogen) atoms. The molecule has 0 saturated heterocycles. The summed E-state index contributed by atoms with van der Waals surface area (Å²) < 4.78 is 0. The average molecular weight is 763 g/mol. The van der Waals surface area contributed by atoms with Crippen molar-refractivity contribution in [3.8, 4) is 100 Å². The summed E-state index contributed by atoms with van der Waals surface area (Å²) in [5, 5.41) is 0. The van der Waals surface area contributed by atoms with Crippen molar-refractivity contribution >= 4 is 0 Å². The number of benzene rings is 10. The predicted molar refractivity (Wildman–Crippen MR) is 255 cm³/mol. The van der Waals surface area contributed by atoms with Gasteiger partial charge in [0.25, 0.3) is 0 Å². The maximum Gasteiger partial charge on any atom is -0.00992 e. The Kier molecular flexibility index (Phi) is 10.1. The molecule has 10 aromatic rings. The Morgan fingerprint density at radius 1 is 0.117 bits per heavy atom. The van der Waals surface area contributed by atoms with Gasteiger partial charge in [0.1, 0.15) is 0 Å². The average Bonchev–Trinajstić information content (AvgIpc) is 3.34. The highest BCUT2D eigenvalue weighted by molar-refractivity contribution is 5.99. The van der Waals surface area contributed by atoms with Crippen molar-refractivity contribution < 1.29 is 0 Å². The second-order valence-corrected chi connectivity index (χ2v) is 15.2. The van der Waals surface area contributed by atoms with Crippen LogP contribution in [0.15, 0.2) is 255 Å². The molecule has 0 unspecified atom stereocenters. The molecule has 0 aliphatic carbocycles. The molecule has 0 aliphatic heterocycles. The first-order valence-electron chi connectivity index (χ1n) is 20.7. The molecule has 0 fully saturated rings. The van der Waals surface area contributed by atoms with E-state index in [4.69, 9.17) is 0 Å². The van der Waals surface area contributed by atoms with Gasteiger partial charge in [-0.05, 0) is 118 Å². The van der Waals surface area contributed by atoms with Gasteiger partial charge in [0.15, 0.2) is 0 Å². The number of rotatable bonds is 9. The SMILES string of the molecule is c1ccc(-c2ccccc2-c2ccccc2-c2cc(-c3ccccc3-c3ccccc3-c3ccccc3)cc(-c3ccccc3-c3ccccc3-c3ccccc3)c2)cc1. The van der Waals surface area contributed by atoms with Crippen molar-refractivity contribution in [2.24, 2.45) is 0 Å². The minimum atomic E-state index is 1.17. The van der Waals surface area contributed by atoms with E-state index in [1.54, 1.807) is 0 Å². The lowest BCUT2D eigenvalue weighted by Gasteiger charge is -2.20. The third kappa shape index (κ3) is 7.17. The molecule has 0 spiro atoms. The van der Waals surface area contributed by atoms with Gasteiger partial charge in [-0.3, -0.25) is 0 Å². The molecular formula is C60H42. The Morgan fingerprint density at radius 2 is 0.267 bits per heavy atom. The molecule has 0 nitrogen and oxygen atoms in total. The van der Waals surface area contributed by atoms with Crippen LogP contribution in [0.3, 0.4) is 0 Å². The molecule has 0 saturated carbocycles. The predicted octanol–water partition coefficient (Wildman–Crippen LogP) is 16.7. The van der Waals surface area contributed by atoms with E-state index < -0.39 is 0 Å². The van der Waals surface area contributed by atoms with Gasteiger partial charge in [-0.15, -0.1) is 0 Å². The minimum Gasteiger partial charge on any atom is -0.0622 e. The molecule has 0 atom stereocenters. The summed E-state index contributed by atoms with van der Waals surface area (Å²) >= 11 is 0. The zero-order valence-corrected chi connectivity index (χ0v) is 33.2. The normalized spacial score (nSPS) is 11.0. The van der Waals surface area contributed by atoms with E-state index in [0.717, 1.165) is 0 Å². The van der Waals surface area contributed by atoms with Crippen molar-refractivity contribution in [2.45, 2.75) is 0 Å². The molecule has 282 valence electrons. The Morgan fingerprint density at radius 3 is 0.467 bits per heavy atom. The van der Waals surface area contributed by atoms with Gasteiger partial charge >= 0.3 is 0 Å². The van der Waals surface area contributed by atoms with E-state index in [0.29, 0.717) is 0 Å². The molecule has 0 radical (unpaired) electrons. The summed E-state index contributed by atoms with van der Waals surface area (Å²) in [5.41, 5.74) is 21.5. The van der Waals surface area contributed by atoms with Crippen molar-refractivity contribution in [2.75, 3.05) is 0 Å². The van der Waals surface area contributed by atoms with Crippen molar-refractivity contribution in [3.63, 3.8) is 0 Å². The molecular weight excluding hydrogens is 721 g/mol. The van der Waals surface area contributed by atoms with Gasteiger partial charge in [0.2, 0.25) is 0 Å². The Balaban J connectivity index is 1.22. The third-order valence-electron chi connectivity index (χ3n) is 11.6. The second-order valence-electron chi connectivity index (χ2n) is 15.2. The fraction of sp³-hybridized carbons (Fsp3) is 0. The van der Waals surface area contributed by atoms with Crippen LogP contribution in [0.1, 0.15) is 0 Å². The molecule has 10 rings (SSSR count). The van der Waals surface area contributed by atoms with E-state index in [2.05, 4.69) is 255 Å². The lowest BCUT2D eigenvalue weighted by molar-refractivity contribution is 1.53. The summed E-state index contributed by atoms with van der Waals surface area (Å²) in [6.45, 7) is 0. The molecule has 0 aliphatic rings. The molecule has 0 amide bonds. The summed E-state index contributed by atoms with van der Waals surface area (Å²) in [4.78, 5) is 0.